The number of hydrogen-bond donors (Lipinski definition) is 2. The van der Waals surface area contributed by atoms with Crippen molar-refractivity contribution >= 4 is 5.91 Å². The van der Waals surface area contributed by atoms with Gasteiger partial charge >= 0.3 is 0 Å². The molecule has 0 atom stereocenters. The summed E-state index contributed by atoms with van der Waals surface area (Å²) in [5, 5.41) is 2.98. The van der Waals surface area contributed by atoms with Crippen molar-refractivity contribution in [3.63, 3.8) is 0 Å². The molecule has 0 unspecified atom stereocenters. The molecule has 0 saturated carbocycles. The predicted molar refractivity (Wildman–Crippen MR) is 79.0 cm³/mol. The second kappa shape index (κ2) is 8.02. The molecule has 1 heterocycles. The molecule has 3 N–H and O–H groups in total. The lowest BCUT2D eigenvalue weighted by Gasteiger charge is -2.21. The summed E-state index contributed by atoms with van der Waals surface area (Å²) in [5.74, 6) is 0.782. The molecule has 0 aromatic heterocycles. The van der Waals surface area contributed by atoms with Crippen LogP contribution in [0.2, 0.25) is 0 Å². The summed E-state index contributed by atoms with van der Waals surface area (Å²) in [6.07, 6.45) is 3.76. The van der Waals surface area contributed by atoms with Crippen LogP contribution in [-0.4, -0.2) is 19.1 Å². The number of carbonyl (C=O) groups is 1. The van der Waals surface area contributed by atoms with Crippen molar-refractivity contribution in [2.75, 3.05) is 13.2 Å². The van der Waals surface area contributed by atoms with Crippen LogP contribution in [0.25, 0.3) is 0 Å². The number of rotatable bonds is 6. The molecule has 110 valence electrons. The highest BCUT2D eigenvalue weighted by Gasteiger charge is 2.14. The fourth-order valence-electron chi connectivity index (χ4n) is 2.53. The standard InChI is InChI=1S/C16H24N2O2/c17-11-14-2-1-3-15(10-14)12-18-16(19)5-4-13-6-8-20-9-7-13/h1-3,10,13H,4-9,11-12,17H2,(H,18,19). The van der Waals surface area contributed by atoms with Gasteiger partial charge < -0.3 is 15.8 Å². The third kappa shape index (κ3) is 4.94. The van der Waals surface area contributed by atoms with Crippen LogP contribution >= 0.6 is 0 Å². The van der Waals surface area contributed by atoms with Gasteiger partial charge in [0.2, 0.25) is 5.91 Å². The van der Waals surface area contributed by atoms with E-state index in [1.165, 1.54) is 0 Å². The minimum Gasteiger partial charge on any atom is -0.381 e. The van der Waals surface area contributed by atoms with Crippen LogP contribution in [-0.2, 0) is 22.6 Å². The van der Waals surface area contributed by atoms with Crippen molar-refractivity contribution in [2.24, 2.45) is 11.7 Å². The Hall–Kier alpha value is -1.39. The topological polar surface area (TPSA) is 64.3 Å². The van der Waals surface area contributed by atoms with Crippen LogP contribution < -0.4 is 11.1 Å². The Kier molecular flexibility index (Phi) is 6.02. The van der Waals surface area contributed by atoms with E-state index in [4.69, 9.17) is 10.5 Å². The van der Waals surface area contributed by atoms with E-state index in [1.54, 1.807) is 0 Å². The summed E-state index contributed by atoms with van der Waals surface area (Å²) in [6, 6.07) is 8.03. The van der Waals surface area contributed by atoms with Gasteiger partial charge in [-0.2, -0.15) is 0 Å². The maximum Gasteiger partial charge on any atom is 0.220 e. The maximum absolute atomic E-state index is 11.8. The molecule has 1 aliphatic heterocycles. The largest absolute Gasteiger partial charge is 0.381 e. The Morgan fingerprint density at radius 2 is 2.05 bits per heavy atom. The Morgan fingerprint density at radius 3 is 2.80 bits per heavy atom. The molecule has 1 aromatic carbocycles. The Bertz CT molecular complexity index is 428. The first-order valence-corrected chi connectivity index (χ1v) is 7.40. The van der Waals surface area contributed by atoms with E-state index in [2.05, 4.69) is 5.32 Å². The zero-order chi connectivity index (χ0) is 14.2. The first-order valence-electron chi connectivity index (χ1n) is 7.40. The number of carbonyl (C=O) groups excluding carboxylic acids is 1. The van der Waals surface area contributed by atoms with Crippen molar-refractivity contribution in [2.45, 2.75) is 38.8 Å². The summed E-state index contributed by atoms with van der Waals surface area (Å²) in [4.78, 5) is 11.8. The molecule has 4 nitrogen and oxygen atoms in total. The van der Waals surface area contributed by atoms with Crippen molar-refractivity contribution in [3.05, 3.63) is 35.4 Å². The van der Waals surface area contributed by atoms with E-state index in [9.17, 15) is 4.79 Å². The molecule has 0 radical (unpaired) electrons. The van der Waals surface area contributed by atoms with Crippen molar-refractivity contribution in [1.82, 2.24) is 5.32 Å². The van der Waals surface area contributed by atoms with Gasteiger partial charge in [-0.25, -0.2) is 0 Å². The van der Waals surface area contributed by atoms with E-state index in [0.29, 0.717) is 25.4 Å². The molecule has 1 aromatic rings. The van der Waals surface area contributed by atoms with Crippen molar-refractivity contribution < 1.29 is 9.53 Å². The average molecular weight is 276 g/mol. The number of benzene rings is 1. The molecule has 1 fully saturated rings. The Labute approximate surface area is 120 Å². The highest BCUT2D eigenvalue weighted by molar-refractivity contribution is 5.75. The Balaban J connectivity index is 1.68. The minimum atomic E-state index is 0.134. The number of nitrogens with two attached hydrogens (primary N) is 1. The van der Waals surface area contributed by atoms with Gasteiger partial charge in [0.15, 0.2) is 0 Å². The van der Waals surface area contributed by atoms with Crippen LogP contribution in [0.1, 0.15) is 36.8 Å². The summed E-state index contributed by atoms with van der Waals surface area (Å²) in [5.41, 5.74) is 7.81. The first kappa shape index (κ1) is 15.0. The number of ether oxygens (including phenoxy) is 1. The molecular formula is C16H24N2O2. The summed E-state index contributed by atoms with van der Waals surface area (Å²) in [7, 11) is 0. The van der Waals surface area contributed by atoms with E-state index < -0.39 is 0 Å². The van der Waals surface area contributed by atoms with Crippen LogP contribution in [0.5, 0.6) is 0 Å². The van der Waals surface area contributed by atoms with Crippen LogP contribution in [0, 0.1) is 5.92 Å². The quantitative estimate of drug-likeness (QED) is 0.835. The second-order valence-corrected chi connectivity index (χ2v) is 5.40. The van der Waals surface area contributed by atoms with Gasteiger partial charge in [0.25, 0.3) is 0 Å². The molecule has 20 heavy (non-hydrogen) atoms. The third-order valence-corrected chi connectivity index (χ3v) is 3.84. The summed E-state index contributed by atoms with van der Waals surface area (Å²) >= 11 is 0. The van der Waals surface area contributed by atoms with E-state index in [0.717, 1.165) is 43.6 Å². The third-order valence-electron chi connectivity index (χ3n) is 3.84. The van der Waals surface area contributed by atoms with Crippen molar-refractivity contribution in [3.8, 4) is 0 Å². The molecular weight excluding hydrogens is 252 g/mol. The highest BCUT2D eigenvalue weighted by atomic mass is 16.5. The molecule has 2 rings (SSSR count). The van der Waals surface area contributed by atoms with Gasteiger partial charge in [-0.1, -0.05) is 24.3 Å². The zero-order valence-electron chi connectivity index (χ0n) is 11.9. The fraction of sp³-hybridized carbons (Fsp3) is 0.562. The predicted octanol–water partition coefficient (Wildman–Crippen LogP) is 1.97. The van der Waals surface area contributed by atoms with Crippen LogP contribution in [0.4, 0.5) is 0 Å². The number of hydrogen-bond acceptors (Lipinski definition) is 3. The van der Waals surface area contributed by atoms with Gasteiger partial charge in [0.05, 0.1) is 0 Å². The van der Waals surface area contributed by atoms with Crippen LogP contribution in [0.3, 0.4) is 0 Å². The lowest BCUT2D eigenvalue weighted by molar-refractivity contribution is -0.121. The first-order chi connectivity index (χ1) is 9.78. The summed E-state index contributed by atoms with van der Waals surface area (Å²) < 4.78 is 5.32. The van der Waals surface area contributed by atoms with Gasteiger partial charge in [-0.05, 0) is 36.3 Å². The second-order valence-electron chi connectivity index (χ2n) is 5.40. The Morgan fingerprint density at radius 1 is 1.30 bits per heavy atom. The van der Waals surface area contributed by atoms with E-state index in [1.807, 2.05) is 24.3 Å². The van der Waals surface area contributed by atoms with E-state index >= 15 is 0 Å². The lowest BCUT2D eigenvalue weighted by Crippen LogP contribution is -2.24. The normalized spacial score (nSPS) is 16.1. The smallest absolute Gasteiger partial charge is 0.220 e. The molecule has 0 bridgehead atoms. The molecule has 1 amide bonds. The van der Waals surface area contributed by atoms with Gasteiger partial charge in [-0.15, -0.1) is 0 Å². The molecule has 0 aliphatic carbocycles. The fourth-order valence-corrected chi connectivity index (χ4v) is 2.53. The maximum atomic E-state index is 11.8. The zero-order valence-corrected chi connectivity index (χ0v) is 11.9. The summed E-state index contributed by atoms with van der Waals surface area (Å²) in [6.45, 7) is 2.81. The lowest BCUT2D eigenvalue weighted by atomic mass is 9.95. The number of amides is 1. The number of nitrogens with one attached hydrogen (secondary N) is 1. The molecule has 0 spiro atoms. The molecule has 4 heteroatoms. The van der Waals surface area contributed by atoms with Gasteiger partial charge in [0.1, 0.15) is 0 Å². The van der Waals surface area contributed by atoms with Gasteiger partial charge in [0, 0.05) is 32.7 Å². The van der Waals surface area contributed by atoms with Crippen molar-refractivity contribution in [1.29, 1.82) is 0 Å². The molecule has 1 saturated heterocycles. The average Bonchev–Trinajstić information content (AvgIpc) is 2.52. The van der Waals surface area contributed by atoms with E-state index in [-0.39, 0.29) is 5.91 Å². The minimum absolute atomic E-state index is 0.134. The van der Waals surface area contributed by atoms with Gasteiger partial charge in [-0.3, -0.25) is 4.79 Å². The monoisotopic (exact) mass is 276 g/mol. The van der Waals surface area contributed by atoms with Crippen LogP contribution in [0.15, 0.2) is 24.3 Å². The highest BCUT2D eigenvalue weighted by Crippen LogP contribution is 2.19. The SMILES string of the molecule is NCc1cccc(CNC(=O)CCC2CCOCC2)c1. The molecule has 1 aliphatic rings.